The van der Waals surface area contributed by atoms with Crippen LogP contribution in [0.2, 0.25) is 0 Å². The van der Waals surface area contributed by atoms with E-state index in [0.717, 1.165) is 41.8 Å². The average molecular weight is 320 g/mol. The van der Waals surface area contributed by atoms with E-state index in [0.29, 0.717) is 12.5 Å². The second-order valence-electron chi connectivity index (χ2n) is 6.20. The van der Waals surface area contributed by atoms with Gasteiger partial charge in [0.25, 0.3) is 0 Å². The summed E-state index contributed by atoms with van der Waals surface area (Å²) >= 11 is 0. The maximum absolute atomic E-state index is 12.1. The highest BCUT2D eigenvalue weighted by molar-refractivity contribution is 5.91. The molecule has 0 bridgehead atoms. The minimum atomic E-state index is 0.0650. The molecular weight excluding hydrogens is 300 g/mol. The Balaban J connectivity index is 1.47. The molecule has 1 aromatic heterocycles. The molecule has 5 nitrogen and oxygen atoms in total. The van der Waals surface area contributed by atoms with Gasteiger partial charge in [-0.3, -0.25) is 9.36 Å². The molecule has 1 atom stereocenters. The van der Waals surface area contributed by atoms with Gasteiger partial charge in [0, 0.05) is 23.8 Å². The summed E-state index contributed by atoms with van der Waals surface area (Å²) in [6.45, 7) is 1.02. The summed E-state index contributed by atoms with van der Waals surface area (Å²) in [5.74, 6) is 0.0650. The quantitative estimate of drug-likeness (QED) is 0.776. The molecule has 2 aromatic carbocycles. The highest BCUT2D eigenvalue weighted by Gasteiger charge is 2.17. The molecule has 5 heteroatoms. The van der Waals surface area contributed by atoms with E-state index < -0.39 is 0 Å². The summed E-state index contributed by atoms with van der Waals surface area (Å²) < 4.78 is 2.05. The number of carbonyl (C=O) groups is 1. The third-order valence-electron chi connectivity index (χ3n) is 4.48. The largest absolute Gasteiger partial charge is 0.326 e. The fourth-order valence-corrected chi connectivity index (χ4v) is 3.24. The summed E-state index contributed by atoms with van der Waals surface area (Å²) in [5, 5.41) is 6.32. The number of nitrogens with one attached hydrogen (secondary N) is 2. The van der Waals surface area contributed by atoms with Gasteiger partial charge in [0.1, 0.15) is 6.33 Å². The van der Waals surface area contributed by atoms with Crippen LogP contribution < -0.4 is 10.6 Å². The zero-order chi connectivity index (χ0) is 16.4. The van der Waals surface area contributed by atoms with Gasteiger partial charge in [-0.2, -0.15) is 0 Å². The molecule has 1 aliphatic rings. The molecule has 1 aliphatic heterocycles. The number of hydrogen-bond donors (Lipinski definition) is 2. The normalized spacial score (nSPS) is 17.2. The molecule has 2 N–H and O–H groups in total. The highest BCUT2D eigenvalue weighted by atomic mass is 16.1. The van der Waals surface area contributed by atoms with E-state index in [1.807, 2.05) is 59.4 Å². The number of aromatic nitrogens is 2. The molecule has 0 radical (unpaired) electrons. The first-order valence-corrected chi connectivity index (χ1v) is 8.35. The Labute approximate surface area is 140 Å². The minimum absolute atomic E-state index is 0.0650. The number of para-hydroxylation sites is 2. The third-order valence-corrected chi connectivity index (χ3v) is 4.48. The second-order valence-corrected chi connectivity index (χ2v) is 6.20. The third kappa shape index (κ3) is 3.03. The van der Waals surface area contributed by atoms with Crippen LogP contribution in [0.25, 0.3) is 16.7 Å². The fraction of sp³-hybridized carbons (Fsp3) is 0.263. The number of anilines is 1. The number of amides is 1. The topological polar surface area (TPSA) is 59.0 Å². The van der Waals surface area contributed by atoms with Crippen LogP contribution in [0.4, 0.5) is 5.69 Å². The predicted octanol–water partition coefficient (Wildman–Crippen LogP) is 3.11. The van der Waals surface area contributed by atoms with Gasteiger partial charge in [0.05, 0.1) is 11.0 Å². The Morgan fingerprint density at radius 2 is 2.04 bits per heavy atom. The van der Waals surface area contributed by atoms with Gasteiger partial charge in [0.15, 0.2) is 0 Å². The SMILES string of the molecule is O=C(CC1CCCN1)Nc1ccc(-n2cnc3ccccc32)cc1. The van der Waals surface area contributed by atoms with Crippen molar-refractivity contribution < 1.29 is 4.79 Å². The van der Waals surface area contributed by atoms with E-state index in [9.17, 15) is 4.79 Å². The van der Waals surface area contributed by atoms with Crippen molar-refractivity contribution in [2.75, 3.05) is 11.9 Å². The van der Waals surface area contributed by atoms with Crippen molar-refractivity contribution in [2.24, 2.45) is 0 Å². The van der Waals surface area contributed by atoms with Crippen LogP contribution in [0, 0.1) is 0 Å². The molecule has 0 spiro atoms. The molecule has 0 aliphatic carbocycles. The van der Waals surface area contributed by atoms with Crippen LogP contribution in [0.3, 0.4) is 0 Å². The van der Waals surface area contributed by atoms with Gasteiger partial charge in [0.2, 0.25) is 5.91 Å². The molecule has 2 heterocycles. The Kier molecular flexibility index (Phi) is 4.01. The number of nitrogens with zero attached hydrogens (tertiary/aromatic N) is 2. The maximum Gasteiger partial charge on any atom is 0.225 e. The van der Waals surface area contributed by atoms with Gasteiger partial charge in [-0.1, -0.05) is 12.1 Å². The van der Waals surface area contributed by atoms with Crippen molar-refractivity contribution >= 4 is 22.6 Å². The van der Waals surface area contributed by atoms with E-state index in [4.69, 9.17) is 0 Å². The molecule has 1 fully saturated rings. The monoisotopic (exact) mass is 320 g/mol. The van der Waals surface area contributed by atoms with E-state index in [1.165, 1.54) is 0 Å². The molecule has 122 valence electrons. The first-order chi connectivity index (χ1) is 11.8. The molecule has 1 saturated heterocycles. The fourth-order valence-electron chi connectivity index (χ4n) is 3.24. The Hall–Kier alpha value is -2.66. The number of rotatable bonds is 4. The highest BCUT2D eigenvalue weighted by Crippen LogP contribution is 2.20. The number of hydrogen-bond acceptors (Lipinski definition) is 3. The van der Waals surface area contributed by atoms with E-state index in [-0.39, 0.29) is 5.91 Å². The standard InChI is InChI=1S/C19H20N4O/c24-19(12-15-4-3-11-20-15)22-14-7-9-16(10-8-14)23-13-21-17-5-1-2-6-18(17)23/h1-2,5-10,13,15,20H,3-4,11-12H2,(H,22,24). The Morgan fingerprint density at radius 3 is 2.83 bits per heavy atom. The van der Waals surface area contributed by atoms with Gasteiger partial charge in [-0.25, -0.2) is 4.98 Å². The van der Waals surface area contributed by atoms with Crippen LogP contribution >= 0.6 is 0 Å². The maximum atomic E-state index is 12.1. The number of benzene rings is 2. The van der Waals surface area contributed by atoms with Crippen molar-refractivity contribution in [3.05, 3.63) is 54.9 Å². The molecular formula is C19H20N4O. The van der Waals surface area contributed by atoms with Gasteiger partial charge >= 0.3 is 0 Å². The first-order valence-electron chi connectivity index (χ1n) is 8.35. The van der Waals surface area contributed by atoms with E-state index in [1.54, 1.807) is 0 Å². The molecule has 0 saturated carbocycles. The predicted molar refractivity (Wildman–Crippen MR) is 95.3 cm³/mol. The van der Waals surface area contributed by atoms with Gasteiger partial charge in [-0.05, 0) is 55.8 Å². The van der Waals surface area contributed by atoms with Gasteiger partial charge < -0.3 is 10.6 Å². The lowest BCUT2D eigenvalue weighted by Gasteiger charge is -2.11. The lowest BCUT2D eigenvalue weighted by Crippen LogP contribution is -2.27. The van der Waals surface area contributed by atoms with E-state index in [2.05, 4.69) is 15.6 Å². The van der Waals surface area contributed by atoms with Crippen LogP contribution in [-0.2, 0) is 4.79 Å². The summed E-state index contributed by atoms with van der Waals surface area (Å²) in [6, 6.07) is 16.2. The van der Waals surface area contributed by atoms with Crippen molar-refractivity contribution in [3.63, 3.8) is 0 Å². The van der Waals surface area contributed by atoms with Crippen LogP contribution in [0.15, 0.2) is 54.9 Å². The molecule has 4 rings (SSSR count). The van der Waals surface area contributed by atoms with Crippen LogP contribution in [0.1, 0.15) is 19.3 Å². The van der Waals surface area contributed by atoms with Crippen molar-refractivity contribution in [3.8, 4) is 5.69 Å². The van der Waals surface area contributed by atoms with Crippen molar-refractivity contribution in [2.45, 2.75) is 25.3 Å². The molecule has 1 amide bonds. The van der Waals surface area contributed by atoms with Gasteiger partial charge in [-0.15, -0.1) is 0 Å². The lowest BCUT2D eigenvalue weighted by atomic mass is 10.1. The second kappa shape index (κ2) is 6.45. The summed E-state index contributed by atoms with van der Waals surface area (Å²) in [6.07, 6.45) is 4.60. The summed E-state index contributed by atoms with van der Waals surface area (Å²) in [4.78, 5) is 16.5. The average Bonchev–Trinajstić information content (AvgIpc) is 3.25. The number of imidazole rings is 1. The van der Waals surface area contributed by atoms with Crippen molar-refractivity contribution in [1.29, 1.82) is 0 Å². The molecule has 1 unspecified atom stereocenters. The zero-order valence-corrected chi connectivity index (χ0v) is 13.4. The molecule has 3 aromatic rings. The lowest BCUT2D eigenvalue weighted by molar-refractivity contribution is -0.116. The number of carbonyl (C=O) groups excluding carboxylic acids is 1. The minimum Gasteiger partial charge on any atom is -0.326 e. The number of fused-ring (bicyclic) bond motifs is 1. The molecule has 24 heavy (non-hydrogen) atoms. The zero-order valence-electron chi connectivity index (χ0n) is 13.4. The smallest absolute Gasteiger partial charge is 0.225 e. The Bertz CT molecular complexity index is 847. The first kappa shape index (κ1) is 14.9. The Morgan fingerprint density at radius 1 is 1.21 bits per heavy atom. The summed E-state index contributed by atoms with van der Waals surface area (Å²) in [5.41, 5.74) is 3.89. The summed E-state index contributed by atoms with van der Waals surface area (Å²) in [7, 11) is 0. The van der Waals surface area contributed by atoms with Crippen molar-refractivity contribution in [1.82, 2.24) is 14.9 Å². The van der Waals surface area contributed by atoms with Crippen LogP contribution in [-0.4, -0.2) is 28.0 Å². The van der Waals surface area contributed by atoms with Crippen LogP contribution in [0.5, 0.6) is 0 Å². The van der Waals surface area contributed by atoms with E-state index >= 15 is 0 Å².